The minimum atomic E-state index is -2.39. The Balaban J connectivity index is 1.89. The maximum absolute atomic E-state index is 2.62. The van der Waals surface area contributed by atoms with Gasteiger partial charge in [0.05, 0.1) is 0 Å². The summed E-state index contributed by atoms with van der Waals surface area (Å²) >= 11 is 0. The van der Waals surface area contributed by atoms with E-state index in [-0.39, 0.29) is 0 Å². The molecule has 1 aliphatic rings. The van der Waals surface area contributed by atoms with Crippen LogP contribution in [0.3, 0.4) is 0 Å². The first-order chi connectivity index (χ1) is 19.1. The van der Waals surface area contributed by atoms with Gasteiger partial charge < -0.3 is 0 Å². The SMILES string of the molecule is CCCCc1ccc([Si](c2ccc(CCCC)cc2)(c2ccc(CCCC)cc2)C2C=CC(CCC)=C2)cc1. The lowest BCUT2D eigenvalue weighted by Gasteiger charge is -2.38. The van der Waals surface area contributed by atoms with Gasteiger partial charge in [-0.1, -0.05) is 150 Å². The number of benzene rings is 3. The van der Waals surface area contributed by atoms with Crippen LogP contribution >= 0.6 is 0 Å². The fourth-order valence-corrected chi connectivity index (χ4v) is 11.4. The van der Waals surface area contributed by atoms with Gasteiger partial charge in [0.2, 0.25) is 0 Å². The van der Waals surface area contributed by atoms with Gasteiger partial charge in [0.15, 0.2) is 8.07 Å². The molecule has 0 aliphatic heterocycles. The largest absolute Gasteiger partial charge is 0.158 e. The van der Waals surface area contributed by atoms with Crippen molar-refractivity contribution in [3.05, 3.63) is 113 Å². The number of allylic oxidation sites excluding steroid dienone is 4. The lowest BCUT2D eigenvalue weighted by atomic mass is 10.1. The summed E-state index contributed by atoms with van der Waals surface area (Å²) in [6.45, 7) is 9.15. The van der Waals surface area contributed by atoms with Crippen LogP contribution in [0.1, 0.15) is 95.8 Å². The minimum Gasteiger partial charge on any atom is -0.0790 e. The average Bonchev–Trinajstić information content (AvgIpc) is 3.45. The Morgan fingerprint density at radius 3 is 1.21 bits per heavy atom. The van der Waals surface area contributed by atoms with Crippen LogP contribution in [-0.2, 0) is 19.3 Å². The highest BCUT2D eigenvalue weighted by atomic mass is 28.3. The molecule has 3 aromatic rings. The third-order valence-electron chi connectivity index (χ3n) is 8.63. The van der Waals surface area contributed by atoms with Crippen molar-refractivity contribution in [2.75, 3.05) is 0 Å². The fraction of sp³-hybridized carbons (Fsp3) is 0.421. The zero-order valence-electron chi connectivity index (χ0n) is 25.0. The molecule has 0 radical (unpaired) electrons. The molecule has 0 bridgehead atoms. The van der Waals surface area contributed by atoms with Gasteiger partial charge in [0.1, 0.15) is 0 Å². The van der Waals surface area contributed by atoms with Crippen molar-refractivity contribution in [3.8, 4) is 0 Å². The molecular weight excluding hydrogens is 485 g/mol. The Bertz CT molecular complexity index is 1070. The van der Waals surface area contributed by atoms with E-state index < -0.39 is 8.07 Å². The molecule has 1 heteroatoms. The Kier molecular flexibility index (Phi) is 11.0. The maximum Gasteiger partial charge on any atom is 0.158 e. The van der Waals surface area contributed by atoms with E-state index in [1.165, 1.54) is 108 Å². The van der Waals surface area contributed by atoms with Gasteiger partial charge in [-0.2, -0.15) is 0 Å². The Labute approximate surface area is 240 Å². The van der Waals surface area contributed by atoms with Crippen molar-refractivity contribution < 1.29 is 0 Å². The van der Waals surface area contributed by atoms with Crippen molar-refractivity contribution >= 4 is 23.6 Å². The molecule has 0 nitrogen and oxygen atoms in total. The van der Waals surface area contributed by atoms with Crippen molar-refractivity contribution in [1.29, 1.82) is 0 Å². The van der Waals surface area contributed by atoms with E-state index in [0.29, 0.717) is 5.54 Å². The molecule has 4 rings (SSSR count). The average molecular weight is 535 g/mol. The predicted octanol–water partition coefficient (Wildman–Crippen LogP) is 8.85. The molecule has 0 spiro atoms. The summed E-state index contributed by atoms with van der Waals surface area (Å²) in [6, 6.07) is 29.5. The summed E-state index contributed by atoms with van der Waals surface area (Å²) < 4.78 is 0. The first-order valence-corrected chi connectivity index (χ1v) is 17.9. The minimum absolute atomic E-state index is 0.420. The topological polar surface area (TPSA) is 0 Å². The third-order valence-corrected chi connectivity index (χ3v) is 13.7. The van der Waals surface area contributed by atoms with Crippen LogP contribution in [0.4, 0.5) is 0 Å². The third kappa shape index (κ3) is 6.93. The van der Waals surface area contributed by atoms with Gasteiger partial charge in [0.25, 0.3) is 0 Å². The molecule has 0 aromatic heterocycles. The molecule has 1 aliphatic carbocycles. The van der Waals surface area contributed by atoms with E-state index in [9.17, 15) is 0 Å². The van der Waals surface area contributed by atoms with Crippen molar-refractivity contribution in [1.82, 2.24) is 0 Å². The second kappa shape index (κ2) is 14.7. The lowest BCUT2D eigenvalue weighted by Crippen LogP contribution is -2.69. The predicted molar refractivity (Wildman–Crippen MR) is 176 cm³/mol. The highest BCUT2D eigenvalue weighted by molar-refractivity contribution is 7.13. The number of unbranched alkanes of at least 4 members (excludes halogenated alkanes) is 3. The molecule has 0 saturated heterocycles. The van der Waals surface area contributed by atoms with Gasteiger partial charge in [-0.05, 0) is 77.2 Å². The highest BCUT2D eigenvalue weighted by Crippen LogP contribution is 2.33. The molecule has 39 heavy (non-hydrogen) atoms. The van der Waals surface area contributed by atoms with Crippen molar-refractivity contribution in [3.63, 3.8) is 0 Å². The molecule has 0 heterocycles. The maximum atomic E-state index is 2.62. The van der Waals surface area contributed by atoms with E-state index in [2.05, 4.69) is 119 Å². The molecule has 206 valence electrons. The smallest absolute Gasteiger partial charge is 0.0790 e. The molecule has 0 N–H and O–H groups in total. The summed E-state index contributed by atoms with van der Waals surface area (Å²) in [5.74, 6) is 0. The van der Waals surface area contributed by atoms with Crippen molar-refractivity contribution in [2.24, 2.45) is 0 Å². The van der Waals surface area contributed by atoms with E-state index in [0.717, 1.165) is 0 Å². The molecule has 0 saturated carbocycles. The Morgan fingerprint density at radius 1 is 0.487 bits per heavy atom. The summed E-state index contributed by atoms with van der Waals surface area (Å²) in [5, 5.41) is 4.61. The Morgan fingerprint density at radius 2 is 0.872 bits per heavy atom. The summed E-state index contributed by atoms with van der Waals surface area (Å²) in [7, 11) is -2.39. The molecule has 3 aromatic carbocycles. The first-order valence-electron chi connectivity index (χ1n) is 15.8. The second-order valence-electron chi connectivity index (χ2n) is 11.6. The lowest BCUT2D eigenvalue weighted by molar-refractivity contribution is 0.795. The summed E-state index contributed by atoms with van der Waals surface area (Å²) in [6.07, 6.45) is 21.0. The molecule has 1 atom stereocenters. The van der Waals surface area contributed by atoms with Gasteiger partial charge in [-0.25, -0.2) is 0 Å². The van der Waals surface area contributed by atoms with Crippen LogP contribution in [0.5, 0.6) is 0 Å². The number of aryl methyl sites for hydroxylation is 3. The van der Waals surface area contributed by atoms with Gasteiger partial charge in [-0.3, -0.25) is 0 Å². The molecule has 0 amide bonds. The van der Waals surface area contributed by atoms with Crippen LogP contribution in [0.15, 0.2) is 96.6 Å². The fourth-order valence-electron chi connectivity index (χ4n) is 6.32. The quantitative estimate of drug-likeness (QED) is 0.135. The standard InChI is InChI=1S/C38H50Si/c1-5-9-13-31-16-23-35(24-17-31)39(38-29-22-34(30-38)12-8-4,36-25-18-32(19-26-36)14-10-6-2)37-27-20-33(21-28-37)15-11-7-3/h16-30,38H,5-15H2,1-4H3. The Hall–Kier alpha value is -2.64. The number of hydrogen-bond donors (Lipinski definition) is 0. The van der Waals surface area contributed by atoms with E-state index in [1.54, 1.807) is 0 Å². The van der Waals surface area contributed by atoms with Crippen LogP contribution in [-0.4, -0.2) is 8.07 Å². The van der Waals surface area contributed by atoms with E-state index in [4.69, 9.17) is 0 Å². The van der Waals surface area contributed by atoms with Gasteiger partial charge in [0, 0.05) is 5.54 Å². The normalized spacial score (nSPS) is 15.1. The molecule has 0 fully saturated rings. The zero-order chi connectivity index (χ0) is 27.5. The number of rotatable bonds is 15. The number of hydrogen-bond acceptors (Lipinski definition) is 0. The zero-order valence-corrected chi connectivity index (χ0v) is 26.0. The molecule has 1 unspecified atom stereocenters. The monoisotopic (exact) mass is 534 g/mol. The van der Waals surface area contributed by atoms with E-state index >= 15 is 0 Å². The molecular formula is C38H50Si. The first kappa shape index (κ1) is 29.3. The summed E-state index contributed by atoms with van der Waals surface area (Å²) in [5.41, 5.74) is 6.34. The van der Waals surface area contributed by atoms with Gasteiger partial charge >= 0.3 is 0 Å². The van der Waals surface area contributed by atoms with Crippen LogP contribution in [0.2, 0.25) is 5.54 Å². The van der Waals surface area contributed by atoms with Gasteiger partial charge in [-0.15, -0.1) is 0 Å². The summed E-state index contributed by atoms with van der Waals surface area (Å²) in [4.78, 5) is 0. The van der Waals surface area contributed by atoms with Crippen LogP contribution in [0, 0.1) is 0 Å². The second-order valence-corrected chi connectivity index (χ2v) is 15.6. The van der Waals surface area contributed by atoms with E-state index in [1.807, 2.05) is 0 Å². The highest BCUT2D eigenvalue weighted by Gasteiger charge is 2.45. The van der Waals surface area contributed by atoms with Crippen molar-refractivity contribution in [2.45, 2.75) is 104 Å². The van der Waals surface area contributed by atoms with Crippen LogP contribution < -0.4 is 15.6 Å². The van der Waals surface area contributed by atoms with Crippen LogP contribution in [0.25, 0.3) is 0 Å².